The van der Waals surface area contributed by atoms with Crippen LogP contribution in [-0.4, -0.2) is 88.6 Å². The first-order valence-electron chi connectivity index (χ1n) is 18.8. The average Bonchev–Trinajstić information content (AvgIpc) is 4.19. The zero-order chi connectivity index (χ0) is 39.4. The zero-order valence-corrected chi connectivity index (χ0v) is 31.0. The third kappa shape index (κ3) is 8.59. The summed E-state index contributed by atoms with van der Waals surface area (Å²) in [6, 6.07) is 49.7. The van der Waals surface area contributed by atoms with Crippen molar-refractivity contribution < 1.29 is 44.5 Å². The molecular formula is C46H44N2O9. The summed E-state index contributed by atoms with van der Waals surface area (Å²) in [7, 11) is 0. The number of anilines is 6. The molecule has 0 bridgehead atoms. The maximum atomic E-state index is 10.4. The van der Waals surface area contributed by atoms with E-state index in [4.69, 9.17) is 29.2 Å². The molecule has 1 saturated heterocycles. The number of epoxide rings is 1. The second kappa shape index (κ2) is 16.7. The molecule has 5 N–H and O–H groups in total. The Bertz CT molecular complexity index is 2190. The van der Waals surface area contributed by atoms with E-state index in [2.05, 4.69) is 70.5 Å². The van der Waals surface area contributed by atoms with Gasteiger partial charge in [-0.1, -0.05) is 42.5 Å². The van der Waals surface area contributed by atoms with Gasteiger partial charge in [0.1, 0.15) is 61.5 Å². The number of para-hydroxylation sites is 1. The number of aliphatic hydroxyl groups is 5. The minimum absolute atomic E-state index is 0.00686. The van der Waals surface area contributed by atoms with Gasteiger partial charge in [0.2, 0.25) is 0 Å². The third-order valence-electron chi connectivity index (χ3n) is 10.0. The summed E-state index contributed by atoms with van der Waals surface area (Å²) in [4.78, 5) is 4.27. The van der Waals surface area contributed by atoms with E-state index in [1.165, 1.54) is 0 Å². The van der Waals surface area contributed by atoms with Gasteiger partial charge in [-0.25, -0.2) is 0 Å². The molecule has 0 amide bonds. The lowest BCUT2D eigenvalue weighted by Gasteiger charge is -2.26. The van der Waals surface area contributed by atoms with Gasteiger partial charge in [-0.15, -0.1) is 0 Å². The summed E-state index contributed by atoms with van der Waals surface area (Å²) in [5.74, 6) is 1.82. The summed E-state index contributed by atoms with van der Waals surface area (Å²) < 4.78 is 22.4. The van der Waals surface area contributed by atoms with Crippen LogP contribution >= 0.6 is 0 Å². The minimum Gasteiger partial charge on any atom is -0.491 e. The fraction of sp³-hybridized carbons (Fsp3) is 0.217. The van der Waals surface area contributed by atoms with Gasteiger partial charge in [-0.05, 0) is 120 Å². The molecular weight excluding hydrogens is 725 g/mol. The van der Waals surface area contributed by atoms with Crippen LogP contribution in [-0.2, 0) is 4.74 Å². The fourth-order valence-electron chi connectivity index (χ4n) is 6.64. The van der Waals surface area contributed by atoms with Crippen molar-refractivity contribution in [2.45, 2.75) is 30.0 Å². The SMILES string of the molecule is OCC(O)COc1ccc(N(c2ccccc2)c2ccc(-c3ccc(N(c4ccc(OCC(O)CO)cc4)c4ccc(OCC5(O)C6OC65)cc4)cc3)cc2)cc1. The van der Waals surface area contributed by atoms with Crippen LogP contribution in [0.3, 0.4) is 0 Å². The van der Waals surface area contributed by atoms with Crippen LogP contribution in [0.15, 0.2) is 152 Å². The van der Waals surface area contributed by atoms with Crippen molar-refractivity contribution in [3.63, 3.8) is 0 Å². The van der Waals surface area contributed by atoms with Crippen LogP contribution in [0.1, 0.15) is 0 Å². The van der Waals surface area contributed by atoms with Crippen molar-refractivity contribution in [1.29, 1.82) is 0 Å². The van der Waals surface area contributed by atoms with Crippen molar-refractivity contribution in [1.82, 2.24) is 0 Å². The van der Waals surface area contributed by atoms with E-state index in [9.17, 15) is 15.3 Å². The number of aliphatic hydroxyl groups excluding tert-OH is 4. The molecule has 11 nitrogen and oxygen atoms in total. The Morgan fingerprint density at radius 3 is 1.14 bits per heavy atom. The lowest BCUT2D eigenvalue weighted by atomic mass is 10.0. The number of fused-ring (bicyclic) bond motifs is 1. The van der Waals surface area contributed by atoms with Gasteiger partial charge >= 0.3 is 0 Å². The monoisotopic (exact) mass is 768 g/mol. The van der Waals surface area contributed by atoms with Crippen molar-refractivity contribution in [3.05, 3.63) is 152 Å². The van der Waals surface area contributed by atoms with E-state index in [0.717, 1.165) is 45.3 Å². The van der Waals surface area contributed by atoms with Gasteiger partial charge in [-0.2, -0.15) is 0 Å². The number of hydrogen-bond acceptors (Lipinski definition) is 11. The third-order valence-corrected chi connectivity index (χ3v) is 10.0. The normalized spacial score (nSPS) is 18.8. The maximum Gasteiger partial charge on any atom is 0.156 e. The van der Waals surface area contributed by atoms with Gasteiger partial charge < -0.3 is 54.3 Å². The predicted octanol–water partition coefficient (Wildman–Crippen LogP) is 6.65. The highest BCUT2D eigenvalue weighted by Gasteiger charge is 2.81. The van der Waals surface area contributed by atoms with Crippen molar-refractivity contribution in [3.8, 4) is 28.4 Å². The van der Waals surface area contributed by atoms with Crippen LogP contribution in [0.5, 0.6) is 17.2 Å². The Hall–Kier alpha value is -5.92. The molecule has 57 heavy (non-hydrogen) atoms. The Balaban J connectivity index is 1.02. The van der Waals surface area contributed by atoms with Crippen LogP contribution < -0.4 is 24.0 Å². The molecule has 2 fully saturated rings. The molecule has 2 aliphatic rings. The van der Waals surface area contributed by atoms with Crippen molar-refractivity contribution in [2.24, 2.45) is 0 Å². The summed E-state index contributed by atoms with van der Waals surface area (Å²) in [5, 5.41) is 48.1. The maximum absolute atomic E-state index is 10.4. The van der Waals surface area contributed by atoms with Gasteiger partial charge in [0, 0.05) is 34.1 Å². The molecule has 4 atom stereocenters. The number of ether oxygens (including phenoxy) is 4. The second-order valence-corrected chi connectivity index (χ2v) is 14.1. The molecule has 4 unspecified atom stereocenters. The molecule has 1 saturated carbocycles. The van der Waals surface area contributed by atoms with Crippen molar-refractivity contribution >= 4 is 34.1 Å². The average molecular weight is 769 g/mol. The van der Waals surface area contributed by atoms with Crippen LogP contribution in [0, 0.1) is 0 Å². The first kappa shape index (κ1) is 38.0. The Morgan fingerprint density at radius 2 is 0.807 bits per heavy atom. The number of nitrogens with zero attached hydrogens (tertiary/aromatic N) is 2. The summed E-state index contributed by atoms with van der Waals surface area (Å²) >= 11 is 0. The second-order valence-electron chi connectivity index (χ2n) is 14.1. The first-order chi connectivity index (χ1) is 27.8. The molecule has 0 spiro atoms. The predicted molar refractivity (Wildman–Crippen MR) is 218 cm³/mol. The van der Waals surface area contributed by atoms with Gasteiger partial charge in [0.25, 0.3) is 0 Å². The van der Waals surface area contributed by atoms with E-state index >= 15 is 0 Å². The number of rotatable bonds is 18. The highest BCUT2D eigenvalue weighted by atomic mass is 16.7. The number of benzene rings is 6. The molecule has 1 heterocycles. The largest absolute Gasteiger partial charge is 0.491 e. The summed E-state index contributed by atoms with van der Waals surface area (Å²) in [6.45, 7) is -0.560. The fourth-order valence-corrected chi connectivity index (χ4v) is 6.64. The topological polar surface area (TPSA) is 148 Å². The molecule has 1 aliphatic carbocycles. The quantitative estimate of drug-likeness (QED) is 0.0599. The summed E-state index contributed by atoms with van der Waals surface area (Å²) in [5.41, 5.74) is 6.80. The zero-order valence-electron chi connectivity index (χ0n) is 31.0. The molecule has 0 aromatic heterocycles. The standard InChI is InChI=1S/C46H44N2O9/c49-26-39(51)28-54-41-20-14-36(15-21-41)47(33-4-2-1-3-5-33)34-10-6-31(7-11-34)32-8-12-35(13-9-32)48(37-16-22-42(23-17-37)55-29-40(52)27-50)38-18-24-43(25-19-38)56-30-46(53)44-45(46)57-44/h1-25,39-40,44-45,49-53H,26-30H2. The minimum atomic E-state index is -0.961. The molecule has 8 rings (SSSR count). The first-order valence-corrected chi connectivity index (χ1v) is 18.8. The molecule has 6 aromatic rings. The molecule has 11 heteroatoms. The Kier molecular flexibility index (Phi) is 11.1. The molecule has 0 radical (unpaired) electrons. The van der Waals surface area contributed by atoms with E-state index in [-0.39, 0.29) is 45.2 Å². The van der Waals surface area contributed by atoms with Crippen LogP contribution in [0.4, 0.5) is 34.1 Å². The van der Waals surface area contributed by atoms with Crippen molar-refractivity contribution in [2.75, 3.05) is 42.8 Å². The number of hydrogen-bond donors (Lipinski definition) is 5. The highest BCUT2D eigenvalue weighted by molar-refractivity contribution is 5.81. The molecule has 6 aromatic carbocycles. The van der Waals surface area contributed by atoms with Crippen LogP contribution in [0.25, 0.3) is 11.1 Å². The highest BCUT2D eigenvalue weighted by Crippen LogP contribution is 2.57. The van der Waals surface area contributed by atoms with Gasteiger partial charge in [-0.3, -0.25) is 0 Å². The lowest BCUT2D eigenvalue weighted by molar-refractivity contribution is -0.0326. The summed E-state index contributed by atoms with van der Waals surface area (Å²) in [6.07, 6.45) is -2.09. The molecule has 292 valence electrons. The molecule has 1 aliphatic heterocycles. The van der Waals surface area contributed by atoms with Gasteiger partial charge in [0.05, 0.1) is 13.2 Å². The van der Waals surface area contributed by atoms with E-state index in [1.807, 2.05) is 91.0 Å². The van der Waals surface area contributed by atoms with E-state index in [0.29, 0.717) is 17.2 Å². The Labute approximate surface area is 330 Å². The van der Waals surface area contributed by atoms with E-state index < -0.39 is 17.8 Å². The van der Waals surface area contributed by atoms with Gasteiger partial charge in [0.15, 0.2) is 5.60 Å². The smallest absolute Gasteiger partial charge is 0.156 e. The van der Waals surface area contributed by atoms with Crippen LogP contribution in [0.2, 0.25) is 0 Å². The Morgan fingerprint density at radius 1 is 0.474 bits per heavy atom. The lowest BCUT2D eigenvalue weighted by Crippen LogP contribution is -2.31. The van der Waals surface area contributed by atoms with E-state index in [1.54, 1.807) is 0 Å².